The maximum absolute atomic E-state index is 13.2. The molecule has 0 aliphatic carbocycles. The largest absolute Gasteiger partial charge is 0.382 e. The van der Waals surface area contributed by atoms with Gasteiger partial charge in [0.05, 0.1) is 55.1 Å². The summed E-state index contributed by atoms with van der Waals surface area (Å²) in [7, 11) is 0. The van der Waals surface area contributed by atoms with Crippen LogP contribution in [0, 0.1) is 0 Å². The van der Waals surface area contributed by atoms with Crippen LogP contribution < -0.4 is 21.3 Å². The summed E-state index contributed by atoms with van der Waals surface area (Å²) in [6.07, 6.45) is 3.59. The molecule has 0 spiro atoms. The number of hydrogen-bond donors (Lipinski definition) is 5. The van der Waals surface area contributed by atoms with E-state index in [1.807, 2.05) is 6.07 Å². The molecular weight excluding hydrogens is 694 g/mol. The van der Waals surface area contributed by atoms with Gasteiger partial charge in [0, 0.05) is 46.5 Å². The first kappa shape index (κ1) is 34.4. The van der Waals surface area contributed by atoms with Crippen LogP contribution in [0.15, 0.2) is 73.1 Å². The summed E-state index contributed by atoms with van der Waals surface area (Å²) < 4.78 is 12.9. The minimum absolute atomic E-state index is 0.0538. The van der Waals surface area contributed by atoms with Crippen LogP contribution in [0.5, 0.6) is 0 Å². The first-order valence-corrected chi connectivity index (χ1v) is 16.7. The number of halogens is 1. The fourth-order valence-electron chi connectivity index (χ4n) is 5.99. The van der Waals surface area contributed by atoms with Gasteiger partial charge in [-0.3, -0.25) is 29.4 Å². The summed E-state index contributed by atoms with van der Waals surface area (Å²) in [5.74, 6) is -2.22. The Morgan fingerprint density at radius 1 is 0.942 bits per heavy atom. The van der Waals surface area contributed by atoms with Crippen LogP contribution in [0.4, 0.5) is 21.9 Å². The van der Waals surface area contributed by atoms with E-state index < -0.39 is 35.7 Å². The Morgan fingerprint density at radius 2 is 1.77 bits per heavy atom. The highest BCUT2D eigenvalue weighted by atomic mass is 35.5. The number of rotatable bonds is 13. The number of aromatic nitrogens is 4. The number of benzene rings is 3. The molecule has 1 fully saturated rings. The molecule has 17 heteroatoms. The molecular formula is C35H32ClN9O7. The molecule has 3 aromatic carbocycles. The first-order valence-electron chi connectivity index (χ1n) is 16.4. The summed E-state index contributed by atoms with van der Waals surface area (Å²) in [6, 6.07) is 16.0. The Hall–Kier alpha value is -6.10. The van der Waals surface area contributed by atoms with E-state index in [-0.39, 0.29) is 30.6 Å². The molecule has 0 bridgehead atoms. The van der Waals surface area contributed by atoms with E-state index in [0.717, 1.165) is 21.5 Å². The molecule has 4 heterocycles. The smallest absolute Gasteiger partial charge is 0.323 e. The van der Waals surface area contributed by atoms with Crippen LogP contribution in [-0.4, -0.2) is 86.9 Å². The van der Waals surface area contributed by atoms with Gasteiger partial charge >= 0.3 is 6.03 Å². The molecule has 1 unspecified atom stereocenters. The number of carbonyl (C=O) groups excluding carboxylic acids is 5. The predicted octanol–water partition coefficient (Wildman–Crippen LogP) is 4.09. The average Bonchev–Trinajstić information content (AvgIpc) is 3.83. The van der Waals surface area contributed by atoms with Crippen LogP contribution in [0.3, 0.4) is 0 Å². The van der Waals surface area contributed by atoms with Crippen LogP contribution in [-0.2, 0) is 25.7 Å². The number of hydrogen-bond acceptors (Lipinski definition) is 10. The molecule has 52 heavy (non-hydrogen) atoms. The van der Waals surface area contributed by atoms with Crippen LogP contribution in [0.2, 0.25) is 5.02 Å². The fourth-order valence-corrected chi connectivity index (χ4v) is 6.16. The van der Waals surface area contributed by atoms with Crippen molar-refractivity contribution in [3.05, 3.63) is 94.9 Å². The summed E-state index contributed by atoms with van der Waals surface area (Å²) >= 11 is 6.10. The van der Waals surface area contributed by atoms with Crippen molar-refractivity contribution in [3.8, 4) is 5.69 Å². The second-order valence-corrected chi connectivity index (χ2v) is 12.4. The minimum Gasteiger partial charge on any atom is -0.382 e. The van der Waals surface area contributed by atoms with Gasteiger partial charge in [-0.25, -0.2) is 9.48 Å². The van der Waals surface area contributed by atoms with Crippen LogP contribution in [0.25, 0.3) is 16.6 Å². The van der Waals surface area contributed by atoms with Crippen molar-refractivity contribution in [2.75, 3.05) is 42.3 Å². The van der Waals surface area contributed by atoms with E-state index in [1.165, 1.54) is 0 Å². The highest BCUT2D eigenvalue weighted by Crippen LogP contribution is 2.32. The molecule has 0 saturated carbocycles. The number of carbonyl (C=O) groups is 5. The maximum atomic E-state index is 13.2. The normalized spacial score (nSPS) is 15.6. The molecule has 6 amide bonds. The number of ether oxygens (including phenoxy) is 2. The Kier molecular flexibility index (Phi) is 9.92. The number of piperidine rings is 1. The molecule has 5 N–H and O–H groups in total. The zero-order chi connectivity index (χ0) is 36.2. The average molecular weight is 726 g/mol. The second-order valence-electron chi connectivity index (χ2n) is 11.9. The van der Waals surface area contributed by atoms with Crippen LogP contribution in [0.1, 0.15) is 39.3 Å². The standard InChI is InChI=1S/C35H32ClN9O7/c36-20-4-9-26-25(16-20)28(17-38-26)40-35(50)39-21-5-7-23(8-6-21)44-18-22(42-43-44)19-52-15-14-51-13-12-37-27-3-1-2-24-31(27)34(49)45(33(24)48)29-10-11-30(46)41-32(29)47/h1-9,16-18,29,37-38H,10-15,19H2,(H2,39,40,50)(H,41,46,47). The lowest BCUT2D eigenvalue weighted by atomic mass is 10.0. The third kappa shape index (κ3) is 7.34. The highest BCUT2D eigenvalue weighted by molar-refractivity contribution is 6.31. The van der Waals surface area contributed by atoms with Crippen molar-refractivity contribution in [2.24, 2.45) is 0 Å². The number of nitrogens with one attached hydrogen (secondary N) is 5. The number of imide groups is 2. The zero-order valence-corrected chi connectivity index (χ0v) is 28.2. The molecule has 266 valence electrons. The number of amides is 6. The van der Waals surface area contributed by atoms with Crippen molar-refractivity contribution in [2.45, 2.75) is 25.5 Å². The number of anilines is 3. The highest BCUT2D eigenvalue weighted by Gasteiger charge is 2.45. The predicted molar refractivity (Wildman–Crippen MR) is 189 cm³/mol. The molecule has 5 aromatic rings. The summed E-state index contributed by atoms with van der Waals surface area (Å²) in [4.78, 5) is 66.7. The fraction of sp³-hybridized carbons (Fsp3) is 0.229. The molecule has 2 aromatic heterocycles. The maximum Gasteiger partial charge on any atom is 0.323 e. The third-order valence-electron chi connectivity index (χ3n) is 8.47. The van der Waals surface area contributed by atoms with E-state index in [2.05, 4.69) is 36.6 Å². The molecule has 1 atom stereocenters. The lowest BCUT2D eigenvalue weighted by molar-refractivity contribution is -0.136. The third-order valence-corrected chi connectivity index (χ3v) is 8.71. The Balaban J connectivity index is 0.814. The Morgan fingerprint density at radius 3 is 2.60 bits per heavy atom. The van der Waals surface area contributed by atoms with Crippen molar-refractivity contribution in [3.63, 3.8) is 0 Å². The van der Waals surface area contributed by atoms with Crippen molar-refractivity contribution in [1.29, 1.82) is 0 Å². The number of H-pyrrole nitrogens is 1. The van der Waals surface area contributed by atoms with Gasteiger partial charge in [-0.05, 0) is 61.0 Å². The Bertz CT molecular complexity index is 2180. The number of urea groups is 1. The van der Waals surface area contributed by atoms with E-state index in [1.54, 1.807) is 71.7 Å². The summed E-state index contributed by atoms with van der Waals surface area (Å²) in [5, 5.41) is 20.6. The van der Waals surface area contributed by atoms with E-state index in [9.17, 15) is 24.0 Å². The lowest BCUT2D eigenvalue weighted by Crippen LogP contribution is -2.54. The number of aromatic amines is 1. The molecule has 0 radical (unpaired) electrons. The zero-order valence-electron chi connectivity index (χ0n) is 27.5. The monoisotopic (exact) mass is 725 g/mol. The summed E-state index contributed by atoms with van der Waals surface area (Å²) in [5.41, 5.74) is 4.27. The topological polar surface area (TPSA) is 202 Å². The van der Waals surface area contributed by atoms with Crippen molar-refractivity contribution in [1.82, 2.24) is 30.2 Å². The second kappa shape index (κ2) is 15.0. The van der Waals surface area contributed by atoms with Gasteiger partial charge in [0.2, 0.25) is 11.8 Å². The summed E-state index contributed by atoms with van der Waals surface area (Å²) in [6.45, 7) is 1.47. The molecule has 2 aliphatic heterocycles. The van der Waals surface area contributed by atoms with E-state index in [4.69, 9.17) is 21.1 Å². The van der Waals surface area contributed by atoms with Gasteiger partial charge in [-0.15, -0.1) is 5.10 Å². The van der Waals surface area contributed by atoms with Gasteiger partial charge in [-0.1, -0.05) is 22.9 Å². The molecule has 7 rings (SSSR count). The molecule has 1 saturated heterocycles. The molecule has 16 nitrogen and oxygen atoms in total. The first-order chi connectivity index (χ1) is 25.2. The quantitative estimate of drug-likeness (QED) is 0.0869. The van der Waals surface area contributed by atoms with Crippen molar-refractivity contribution >= 4 is 69.2 Å². The van der Waals surface area contributed by atoms with Crippen LogP contribution >= 0.6 is 11.6 Å². The van der Waals surface area contributed by atoms with Gasteiger partial charge in [0.15, 0.2) is 0 Å². The number of nitrogens with zero attached hydrogens (tertiary/aromatic N) is 4. The van der Waals surface area contributed by atoms with Crippen molar-refractivity contribution < 1.29 is 33.4 Å². The SMILES string of the molecule is O=C1CCC(N2C(=O)c3cccc(NCCOCCOCc4cn(-c5ccc(NC(=O)Nc6c[nH]c7ccc(Cl)cc67)cc5)nn4)c3C2=O)C(=O)N1. The Labute approximate surface area is 300 Å². The number of fused-ring (bicyclic) bond motifs is 2. The minimum atomic E-state index is -1.03. The van der Waals surface area contributed by atoms with Gasteiger partial charge in [-0.2, -0.15) is 0 Å². The van der Waals surface area contributed by atoms with Gasteiger partial charge in [0.1, 0.15) is 11.7 Å². The van der Waals surface area contributed by atoms with E-state index in [0.29, 0.717) is 54.1 Å². The lowest BCUT2D eigenvalue weighted by Gasteiger charge is -2.27. The van der Waals surface area contributed by atoms with Gasteiger partial charge < -0.3 is 30.4 Å². The molecule has 2 aliphatic rings. The van der Waals surface area contributed by atoms with E-state index >= 15 is 0 Å². The van der Waals surface area contributed by atoms with Gasteiger partial charge in [0.25, 0.3) is 11.8 Å².